The topological polar surface area (TPSA) is 45.4 Å². The molecule has 2 N–H and O–H groups in total. The third-order valence-corrected chi connectivity index (χ3v) is 4.64. The van der Waals surface area contributed by atoms with Crippen molar-refractivity contribution in [2.45, 2.75) is 19.4 Å². The summed E-state index contributed by atoms with van der Waals surface area (Å²) in [6.45, 7) is 7.95. The third-order valence-electron chi connectivity index (χ3n) is 4.64. The second kappa shape index (κ2) is 5.57. The van der Waals surface area contributed by atoms with Gasteiger partial charge in [-0.1, -0.05) is 0 Å². The average Bonchev–Trinajstić information content (AvgIpc) is 2.41. The van der Waals surface area contributed by atoms with Gasteiger partial charge in [-0.25, -0.2) is 0 Å². The maximum absolute atomic E-state index is 5.61. The normalized spacial score (nSPS) is 23.4. The van der Waals surface area contributed by atoms with E-state index in [1.54, 1.807) is 0 Å². The lowest BCUT2D eigenvalue weighted by Crippen LogP contribution is -2.60. The van der Waals surface area contributed by atoms with Crippen molar-refractivity contribution in [2.24, 2.45) is 11.1 Å². The zero-order chi connectivity index (χ0) is 13.1. The van der Waals surface area contributed by atoms with Crippen LogP contribution in [0.1, 0.15) is 18.4 Å². The monoisotopic (exact) mass is 260 g/mol. The molecule has 2 saturated heterocycles. The standard InChI is InChI=1S/C15H24N4/c16-5-10-19-12-15(13-19)3-8-18(9-4-15)11-14-1-6-17-7-2-14/h1-2,6-7H,3-5,8-13,16H2. The van der Waals surface area contributed by atoms with Crippen LogP contribution in [0.25, 0.3) is 0 Å². The minimum absolute atomic E-state index is 0.615. The Kier molecular flexibility index (Phi) is 3.82. The minimum atomic E-state index is 0.615. The number of likely N-dealkylation sites (tertiary alicyclic amines) is 2. The van der Waals surface area contributed by atoms with Crippen LogP contribution >= 0.6 is 0 Å². The highest BCUT2D eigenvalue weighted by molar-refractivity contribution is 5.10. The van der Waals surface area contributed by atoms with E-state index in [1.165, 1.54) is 44.6 Å². The fourth-order valence-electron chi connectivity index (χ4n) is 3.49. The highest BCUT2D eigenvalue weighted by Gasteiger charge is 2.43. The highest BCUT2D eigenvalue weighted by atomic mass is 15.2. The van der Waals surface area contributed by atoms with Crippen molar-refractivity contribution >= 4 is 0 Å². The molecule has 104 valence electrons. The van der Waals surface area contributed by atoms with Crippen LogP contribution in [0.5, 0.6) is 0 Å². The molecule has 2 fully saturated rings. The van der Waals surface area contributed by atoms with Gasteiger partial charge >= 0.3 is 0 Å². The summed E-state index contributed by atoms with van der Waals surface area (Å²) in [5, 5.41) is 0. The van der Waals surface area contributed by atoms with E-state index in [-0.39, 0.29) is 0 Å². The molecule has 0 saturated carbocycles. The van der Waals surface area contributed by atoms with Gasteiger partial charge in [-0.3, -0.25) is 9.88 Å². The van der Waals surface area contributed by atoms with E-state index in [2.05, 4.69) is 26.9 Å². The number of rotatable bonds is 4. The maximum Gasteiger partial charge on any atom is 0.0271 e. The Labute approximate surface area is 115 Å². The van der Waals surface area contributed by atoms with E-state index < -0.39 is 0 Å². The van der Waals surface area contributed by atoms with Gasteiger partial charge in [0.15, 0.2) is 0 Å². The first-order valence-electron chi connectivity index (χ1n) is 7.33. The first-order valence-corrected chi connectivity index (χ1v) is 7.33. The summed E-state index contributed by atoms with van der Waals surface area (Å²) in [5.41, 5.74) is 7.60. The molecule has 19 heavy (non-hydrogen) atoms. The summed E-state index contributed by atoms with van der Waals surface area (Å²) in [4.78, 5) is 9.15. The number of hydrogen-bond donors (Lipinski definition) is 1. The lowest BCUT2D eigenvalue weighted by molar-refractivity contribution is -0.0458. The van der Waals surface area contributed by atoms with Crippen molar-refractivity contribution in [1.29, 1.82) is 0 Å². The maximum atomic E-state index is 5.61. The number of aromatic nitrogens is 1. The van der Waals surface area contributed by atoms with E-state index in [0.717, 1.165) is 19.6 Å². The lowest BCUT2D eigenvalue weighted by atomic mass is 9.72. The SMILES string of the molecule is NCCN1CC2(CCN(Cc3ccncc3)CC2)C1. The molecule has 0 aromatic carbocycles. The molecule has 2 aliphatic heterocycles. The van der Waals surface area contributed by atoms with Crippen LogP contribution in [-0.2, 0) is 6.54 Å². The molecular weight excluding hydrogens is 236 g/mol. The molecule has 1 aromatic heterocycles. The Bertz CT molecular complexity index is 390. The van der Waals surface area contributed by atoms with Crippen molar-refractivity contribution < 1.29 is 0 Å². The molecular formula is C15H24N4. The number of nitrogens with zero attached hydrogens (tertiary/aromatic N) is 3. The number of pyridine rings is 1. The largest absolute Gasteiger partial charge is 0.329 e. The van der Waals surface area contributed by atoms with Gasteiger partial charge in [0.05, 0.1) is 0 Å². The Morgan fingerprint density at radius 3 is 2.42 bits per heavy atom. The quantitative estimate of drug-likeness (QED) is 0.875. The molecule has 0 bridgehead atoms. The van der Waals surface area contributed by atoms with Crippen LogP contribution in [0.4, 0.5) is 0 Å². The van der Waals surface area contributed by atoms with Crippen molar-refractivity contribution in [3.63, 3.8) is 0 Å². The summed E-state index contributed by atoms with van der Waals surface area (Å²) in [6.07, 6.45) is 6.47. The number of nitrogens with two attached hydrogens (primary N) is 1. The van der Waals surface area contributed by atoms with Crippen LogP contribution in [0.15, 0.2) is 24.5 Å². The molecule has 0 atom stereocenters. The average molecular weight is 260 g/mol. The van der Waals surface area contributed by atoms with E-state index in [9.17, 15) is 0 Å². The summed E-state index contributed by atoms with van der Waals surface area (Å²) in [5.74, 6) is 0. The van der Waals surface area contributed by atoms with Gasteiger partial charge in [0, 0.05) is 45.1 Å². The van der Waals surface area contributed by atoms with Crippen LogP contribution in [0.3, 0.4) is 0 Å². The molecule has 0 amide bonds. The van der Waals surface area contributed by atoms with Gasteiger partial charge in [0.2, 0.25) is 0 Å². The molecule has 4 heteroatoms. The lowest BCUT2D eigenvalue weighted by Gasteiger charge is -2.54. The molecule has 1 aromatic rings. The van der Waals surface area contributed by atoms with Gasteiger partial charge in [-0.05, 0) is 49.0 Å². The first-order chi connectivity index (χ1) is 9.30. The Morgan fingerprint density at radius 1 is 1.11 bits per heavy atom. The van der Waals surface area contributed by atoms with Gasteiger partial charge < -0.3 is 10.6 Å². The van der Waals surface area contributed by atoms with Gasteiger partial charge in [-0.15, -0.1) is 0 Å². The van der Waals surface area contributed by atoms with Crippen LogP contribution in [0.2, 0.25) is 0 Å². The third kappa shape index (κ3) is 2.96. The Hall–Kier alpha value is -0.970. The summed E-state index contributed by atoms with van der Waals surface area (Å²) in [7, 11) is 0. The highest BCUT2D eigenvalue weighted by Crippen LogP contribution is 2.40. The second-order valence-corrected chi connectivity index (χ2v) is 6.13. The molecule has 3 heterocycles. The van der Waals surface area contributed by atoms with E-state index in [1.807, 2.05) is 12.4 Å². The van der Waals surface area contributed by atoms with Crippen molar-refractivity contribution in [3.8, 4) is 0 Å². The van der Waals surface area contributed by atoms with E-state index in [0.29, 0.717) is 5.41 Å². The van der Waals surface area contributed by atoms with Gasteiger partial charge in [0.25, 0.3) is 0 Å². The van der Waals surface area contributed by atoms with Crippen LogP contribution in [0, 0.1) is 5.41 Å². The molecule has 1 spiro atoms. The second-order valence-electron chi connectivity index (χ2n) is 6.13. The zero-order valence-corrected chi connectivity index (χ0v) is 11.6. The fourth-order valence-corrected chi connectivity index (χ4v) is 3.49. The molecule has 0 radical (unpaired) electrons. The summed E-state index contributed by atoms with van der Waals surface area (Å²) < 4.78 is 0. The van der Waals surface area contributed by atoms with Crippen molar-refractivity contribution in [2.75, 3.05) is 39.3 Å². The van der Waals surface area contributed by atoms with Crippen LogP contribution in [-0.4, -0.2) is 54.1 Å². The predicted molar refractivity (Wildman–Crippen MR) is 76.7 cm³/mol. The molecule has 2 aliphatic rings. The molecule has 0 aliphatic carbocycles. The minimum Gasteiger partial charge on any atom is -0.329 e. The van der Waals surface area contributed by atoms with Crippen LogP contribution < -0.4 is 5.73 Å². The van der Waals surface area contributed by atoms with Crippen molar-refractivity contribution in [1.82, 2.24) is 14.8 Å². The fraction of sp³-hybridized carbons (Fsp3) is 0.667. The number of piperidine rings is 1. The van der Waals surface area contributed by atoms with Crippen molar-refractivity contribution in [3.05, 3.63) is 30.1 Å². The van der Waals surface area contributed by atoms with E-state index in [4.69, 9.17) is 5.73 Å². The Balaban J connectivity index is 1.46. The summed E-state index contributed by atoms with van der Waals surface area (Å²) in [6, 6.07) is 4.24. The first kappa shape index (κ1) is 13.0. The smallest absolute Gasteiger partial charge is 0.0271 e. The molecule has 0 unspecified atom stereocenters. The molecule has 3 rings (SSSR count). The van der Waals surface area contributed by atoms with Gasteiger partial charge in [-0.2, -0.15) is 0 Å². The predicted octanol–water partition coefficient (Wildman–Crippen LogP) is 0.938. The Morgan fingerprint density at radius 2 is 1.79 bits per heavy atom. The molecule has 4 nitrogen and oxygen atoms in total. The van der Waals surface area contributed by atoms with E-state index >= 15 is 0 Å². The summed E-state index contributed by atoms with van der Waals surface area (Å²) >= 11 is 0. The number of hydrogen-bond acceptors (Lipinski definition) is 4. The zero-order valence-electron chi connectivity index (χ0n) is 11.6. The van der Waals surface area contributed by atoms with Gasteiger partial charge in [0.1, 0.15) is 0 Å².